The van der Waals surface area contributed by atoms with Gasteiger partial charge in [0.2, 0.25) is 6.79 Å². The van der Waals surface area contributed by atoms with Crippen LogP contribution in [0.25, 0.3) is 0 Å². The molecule has 0 aromatic heterocycles. The summed E-state index contributed by atoms with van der Waals surface area (Å²) in [7, 11) is 0. The first kappa shape index (κ1) is 10.5. The van der Waals surface area contributed by atoms with Crippen molar-refractivity contribution >= 4 is 5.78 Å². The number of nitrogens with zero attached hydrogens (tertiary/aromatic N) is 1. The van der Waals surface area contributed by atoms with Crippen molar-refractivity contribution in [3.05, 3.63) is 23.8 Å². The SMILES string of the molecule is CC(C)(C#N)C(=O)c1ccc2c(c1)OCO2. The van der Waals surface area contributed by atoms with E-state index in [1.807, 2.05) is 6.07 Å². The minimum absolute atomic E-state index is 0.175. The smallest absolute Gasteiger partial charge is 0.231 e. The van der Waals surface area contributed by atoms with E-state index >= 15 is 0 Å². The number of ether oxygens (including phenoxy) is 2. The summed E-state index contributed by atoms with van der Waals surface area (Å²) in [5, 5.41) is 8.89. The second kappa shape index (κ2) is 3.53. The lowest BCUT2D eigenvalue weighted by Gasteiger charge is -2.13. The van der Waals surface area contributed by atoms with Crippen molar-refractivity contribution in [3.63, 3.8) is 0 Å². The van der Waals surface area contributed by atoms with Crippen LogP contribution in [0.4, 0.5) is 0 Å². The van der Waals surface area contributed by atoms with Crippen LogP contribution in [-0.2, 0) is 0 Å². The number of carbonyl (C=O) groups is 1. The molecule has 0 fully saturated rings. The summed E-state index contributed by atoms with van der Waals surface area (Å²) in [6, 6.07) is 6.93. The highest BCUT2D eigenvalue weighted by Crippen LogP contribution is 2.34. The number of nitriles is 1. The van der Waals surface area contributed by atoms with Crippen LogP contribution in [0.2, 0.25) is 0 Å². The summed E-state index contributed by atoms with van der Waals surface area (Å²) in [6.45, 7) is 3.37. The van der Waals surface area contributed by atoms with Crippen LogP contribution in [0.1, 0.15) is 24.2 Å². The molecule has 1 aliphatic heterocycles. The van der Waals surface area contributed by atoms with Crippen LogP contribution in [0.3, 0.4) is 0 Å². The van der Waals surface area contributed by atoms with E-state index in [9.17, 15) is 4.79 Å². The topological polar surface area (TPSA) is 59.3 Å². The average molecular weight is 217 g/mol. The number of fused-ring (bicyclic) bond motifs is 1. The average Bonchev–Trinajstić information content (AvgIpc) is 2.74. The van der Waals surface area contributed by atoms with Crippen molar-refractivity contribution in [1.82, 2.24) is 0 Å². The first-order chi connectivity index (χ1) is 7.54. The van der Waals surface area contributed by atoms with E-state index in [1.54, 1.807) is 32.0 Å². The third kappa shape index (κ3) is 1.61. The highest BCUT2D eigenvalue weighted by atomic mass is 16.7. The number of rotatable bonds is 2. The van der Waals surface area contributed by atoms with Crippen molar-refractivity contribution < 1.29 is 14.3 Å². The maximum atomic E-state index is 12.0. The van der Waals surface area contributed by atoms with Gasteiger partial charge in [-0.3, -0.25) is 4.79 Å². The maximum Gasteiger partial charge on any atom is 0.231 e. The second-order valence-corrected chi connectivity index (χ2v) is 4.13. The fraction of sp³-hybridized carbons (Fsp3) is 0.333. The van der Waals surface area contributed by atoms with Gasteiger partial charge in [-0.1, -0.05) is 0 Å². The van der Waals surface area contributed by atoms with Crippen LogP contribution in [0.5, 0.6) is 11.5 Å². The minimum Gasteiger partial charge on any atom is -0.454 e. The van der Waals surface area contributed by atoms with Crippen molar-refractivity contribution in [2.75, 3.05) is 6.79 Å². The maximum absolute atomic E-state index is 12.0. The summed E-state index contributed by atoms with van der Waals surface area (Å²) in [4.78, 5) is 12.0. The Bertz CT molecular complexity index is 486. The second-order valence-electron chi connectivity index (χ2n) is 4.13. The Hall–Kier alpha value is -2.02. The Morgan fingerprint density at radius 1 is 1.38 bits per heavy atom. The van der Waals surface area contributed by atoms with Gasteiger partial charge < -0.3 is 9.47 Å². The van der Waals surface area contributed by atoms with E-state index in [0.717, 1.165) is 0 Å². The van der Waals surface area contributed by atoms with Gasteiger partial charge in [-0.15, -0.1) is 0 Å². The molecule has 0 saturated carbocycles. The highest BCUT2D eigenvalue weighted by molar-refractivity contribution is 6.02. The lowest BCUT2D eigenvalue weighted by atomic mass is 9.86. The molecular weight excluding hydrogens is 206 g/mol. The summed E-state index contributed by atoms with van der Waals surface area (Å²) in [5.74, 6) is 0.971. The van der Waals surface area contributed by atoms with Gasteiger partial charge in [0.1, 0.15) is 5.41 Å². The molecule has 0 aliphatic carbocycles. The van der Waals surface area contributed by atoms with Crippen LogP contribution < -0.4 is 9.47 Å². The molecule has 0 atom stereocenters. The molecule has 16 heavy (non-hydrogen) atoms. The standard InChI is InChI=1S/C12H11NO3/c1-12(2,6-13)11(14)8-3-4-9-10(5-8)16-7-15-9/h3-5H,7H2,1-2H3. The number of ketones is 1. The van der Waals surface area contributed by atoms with Gasteiger partial charge in [-0.05, 0) is 32.0 Å². The molecule has 1 aromatic rings. The summed E-state index contributed by atoms with van der Waals surface area (Å²) in [6.07, 6.45) is 0. The first-order valence-electron chi connectivity index (χ1n) is 4.90. The molecule has 82 valence electrons. The van der Waals surface area contributed by atoms with Crippen LogP contribution in [-0.4, -0.2) is 12.6 Å². The number of Topliss-reactive ketones (excluding diaryl/α,β-unsaturated/α-hetero) is 1. The zero-order valence-electron chi connectivity index (χ0n) is 9.11. The van der Waals surface area contributed by atoms with Crippen molar-refractivity contribution in [3.8, 4) is 17.6 Å². The van der Waals surface area contributed by atoms with Crippen LogP contribution in [0.15, 0.2) is 18.2 Å². The van der Waals surface area contributed by atoms with Gasteiger partial charge in [0, 0.05) is 5.56 Å². The molecule has 4 heteroatoms. The summed E-state index contributed by atoms with van der Waals surface area (Å²) < 4.78 is 10.3. The largest absolute Gasteiger partial charge is 0.454 e. The van der Waals surface area contributed by atoms with E-state index in [-0.39, 0.29) is 12.6 Å². The lowest BCUT2D eigenvalue weighted by Crippen LogP contribution is -2.22. The van der Waals surface area contributed by atoms with Crippen molar-refractivity contribution in [2.24, 2.45) is 5.41 Å². The number of carbonyl (C=O) groups excluding carboxylic acids is 1. The lowest BCUT2D eigenvalue weighted by molar-refractivity contribution is 0.0891. The number of hydrogen-bond donors (Lipinski definition) is 0. The Kier molecular flexibility index (Phi) is 2.31. The zero-order valence-corrected chi connectivity index (χ0v) is 9.11. The molecule has 0 saturated heterocycles. The highest BCUT2D eigenvalue weighted by Gasteiger charge is 2.29. The van der Waals surface area contributed by atoms with E-state index in [4.69, 9.17) is 14.7 Å². The Morgan fingerprint density at radius 3 is 2.75 bits per heavy atom. The van der Waals surface area contributed by atoms with Gasteiger partial charge in [-0.25, -0.2) is 0 Å². The molecular formula is C12H11NO3. The van der Waals surface area contributed by atoms with Crippen LogP contribution in [0, 0.1) is 16.7 Å². The molecule has 0 bridgehead atoms. The van der Waals surface area contributed by atoms with E-state index in [0.29, 0.717) is 17.1 Å². The molecule has 0 N–H and O–H groups in total. The Balaban J connectivity index is 2.36. The third-order valence-electron chi connectivity index (χ3n) is 2.48. The first-order valence-corrected chi connectivity index (χ1v) is 4.90. The fourth-order valence-electron chi connectivity index (χ4n) is 1.45. The van der Waals surface area contributed by atoms with Crippen molar-refractivity contribution in [1.29, 1.82) is 5.26 Å². The zero-order chi connectivity index (χ0) is 11.8. The number of benzene rings is 1. The fourth-order valence-corrected chi connectivity index (χ4v) is 1.45. The van der Waals surface area contributed by atoms with E-state index < -0.39 is 5.41 Å². The quantitative estimate of drug-likeness (QED) is 0.712. The predicted octanol–water partition coefficient (Wildman–Crippen LogP) is 2.15. The molecule has 1 heterocycles. The molecule has 1 aliphatic rings. The van der Waals surface area contributed by atoms with Gasteiger partial charge in [-0.2, -0.15) is 5.26 Å². The Morgan fingerprint density at radius 2 is 2.06 bits per heavy atom. The molecule has 0 unspecified atom stereocenters. The Labute approximate surface area is 93.4 Å². The molecule has 1 aromatic carbocycles. The van der Waals surface area contributed by atoms with Gasteiger partial charge in [0.25, 0.3) is 0 Å². The van der Waals surface area contributed by atoms with E-state index in [1.165, 1.54) is 0 Å². The monoisotopic (exact) mass is 217 g/mol. The summed E-state index contributed by atoms with van der Waals surface area (Å²) in [5.41, 5.74) is -0.552. The van der Waals surface area contributed by atoms with Gasteiger partial charge >= 0.3 is 0 Å². The van der Waals surface area contributed by atoms with Gasteiger partial charge in [0.05, 0.1) is 6.07 Å². The number of hydrogen-bond acceptors (Lipinski definition) is 4. The molecule has 2 rings (SSSR count). The summed E-state index contributed by atoms with van der Waals surface area (Å²) >= 11 is 0. The molecule has 0 radical (unpaired) electrons. The minimum atomic E-state index is -1.02. The molecule has 0 spiro atoms. The van der Waals surface area contributed by atoms with Crippen molar-refractivity contribution in [2.45, 2.75) is 13.8 Å². The van der Waals surface area contributed by atoms with Crippen LogP contribution >= 0.6 is 0 Å². The predicted molar refractivity (Wildman–Crippen MR) is 56.3 cm³/mol. The molecule has 4 nitrogen and oxygen atoms in total. The molecule has 0 amide bonds. The normalized spacial score (nSPS) is 13.3. The van der Waals surface area contributed by atoms with Gasteiger partial charge in [0.15, 0.2) is 17.3 Å². The third-order valence-corrected chi connectivity index (χ3v) is 2.48. The van der Waals surface area contributed by atoms with E-state index in [2.05, 4.69) is 0 Å².